The van der Waals surface area contributed by atoms with Gasteiger partial charge in [-0.15, -0.1) is 0 Å². The van der Waals surface area contributed by atoms with E-state index in [9.17, 15) is 24.0 Å². The summed E-state index contributed by atoms with van der Waals surface area (Å²) in [6.45, 7) is 2.07. The molecule has 3 aliphatic rings. The summed E-state index contributed by atoms with van der Waals surface area (Å²) in [5, 5.41) is 0. The van der Waals surface area contributed by atoms with Gasteiger partial charge in [-0.05, 0) is 76.7 Å². The van der Waals surface area contributed by atoms with Gasteiger partial charge in [0.15, 0.2) is 5.78 Å². The van der Waals surface area contributed by atoms with Gasteiger partial charge in [0.05, 0.1) is 33.4 Å². The summed E-state index contributed by atoms with van der Waals surface area (Å²) in [7, 11) is 1.39. The van der Waals surface area contributed by atoms with Gasteiger partial charge in [0.1, 0.15) is 0 Å². The molecule has 0 radical (unpaired) electrons. The molecule has 0 atom stereocenters. The third kappa shape index (κ3) is 4.15. The second-order valence-electron chi connectivity index (χ2n) is 13.2. The third-order valence-electron chi connectivity index (χ3n) is 10.5. The van der Waals surface area contributed by atoms with E-state index in [-0.39, 0.29) is 33.4 Å². The van der Waals surface area contributed by atoms with Gasteiger partial charge in [-0.25, -0.2) is 4.90 Å². The largest absolute Gasteiger partial charge is 0.289 e. The van der Waals surface area contributed by atoms with E-state index in [1.165, 1.54) is 43.4 Å². The van der Waals surface area contributed by atoms with E-state index in [0.29, 0.717) is 5.69 Å². The molecule has 0 bridgehead atoms. The highest BCUT2D eigenvalue weighted by Crippen LogP contribution is 2.56. The lowest BCUT2D eigenvalue weighted by Crippen LogP contribution is -2.30. The molecule has 7 nitrogen and oxygen atoms in total. The van der Waals surface area contributed by atoms with E-state index >= 15 is 0 Å². The van der Waals surface area contributed by atoms with Gasteiger partial charge < -0.3 is 0 Å². The summed E-state index contributed by atoms with van der Waals surface area (Å²) in [4.78, 5) is 68.1. The van der Waals surface area contributed by atoms with Crippen molar-refractivity contribution in [3.05, 3.63) is 195 Å². The SMILES string of the molecule is Cc1ccc(C2(c3ccc(N4C(=O)c5ccc(C(=O)c6ccc7c(c6)C(=O)N(C)C7=O)cc5C4=O)cc3)c3ccccc3-c3ccccc32)cc1. The number of hydrogen-bond donors (Lipinski definition) is 0. The van der Waals surface area contributed by atoms with Crippen molar-refractivity contribution in [3.63, 3.8) is 0 Å². The summed E-state index contributed by atoms with van der Waals surface area (Å²) < 4.78 is 0. The molecule has 6 aromatic carbocycles. The van der Waals surface area contributed by atoms with Crippen molar-refractivity contribution in [2.45, 2.75) is 12.3 Å². The molecule has 0 N–H and O–H groups in total. The topological polar surface area (TPSA) is 91.8 Å². The van der Waals surface area contributed by atoms with Crippen LogP contribution in [0.4, 0.5) is 5.69 Å². The van der Waals surface area contributed by atoms with Crippen LogP contribution in [-0.2, 0) is 5.41 Å². The molecular weight excluding hydrogens is 636 g/mol. The monoisotopic (exact) mass is 664 g/mol. The van der Waals surface area contributed by atoms with Crippen LogP contribution in [0.2, 0.25) is 0 Å². The zero-order valence-corrected chi connectivity index (χ0v) is 27.6. The number of rotatable bonds is 5. The molecule has 4 amide bonds. The van der Waals surface area contributed by atoms with E-state index in [2.05, 4.69) is 79.7 Å². The first-order valence-electron chi connectivity index (χ1n) is 16.6. The van der Waals surface area contributed by atoms with Crippen LogP contribution >= 0.6 is 0 Å². The second kappa shape index (κ2) is 10.9. The number of hydrogen-bond acceptors (Lipinski definition) is 5. The lowest BCUT2D eigenvalue weighted by Gasteiger charge is -2.34. The molecule has 0 aromatic heterocycles. The summed E-state index contributed by atoms with van der Waals surface area (Å²) in [5.41, 5.74) is 8.82. The number of anilines is 1. The maximum absolute atomic E-state index is 13.9. The van der Waals surface area contributed by atoms with Crippen molar-refractivity contribution in [2.75, 3.05) is 11.9 Å². The first-order chi connectivity index (χ1) is 24.7. The summed E-state index contributed by atoms with van der Waals surface area (Å²) >= 11 is 0. The van der Waals surface area contributed by atoms with E-state index in [0.717, 1.165) is 48.7 Å². The van der Waals surface area contributed by atoms with Crippen LogP contribution in [-0.4, -0.2) is 41.4 Å². The molecule has 51 heavy (non-hydrogen) atoms. The van der Waals surface area contributed by atoms with Gasteiger partial charge in [0.25, 0.3) is 23.6 Å². The fourth-order valence-electron chi connectivity index (χ4n) is 7.97. The molecule has 6 aromatic rings. The van der Waals surface area contributed by atoms with Gasteiger partial charge >= 0.3 is 0 Å². The minimum Gasteiger partial charge on any atom is -0.289 e. The average Bonchev–Trinajstić information content (AvgIpc) is 3.69. The van der Waals surface area contributed by atoms with Crippen molar-refractivity contribution >= 4 is 35.1 Å². The van der Waals surface area contributed by atoms with Crippen LogP contribution < -0.4 is 4.90 Å². The Kier molecular flexibility index (Phi) is 6.48. The van der Waals surface area contributed by atoms with Gasteiger partial charge in [0, 0.05) is 18.2 Å². The van der Waals surface area contributed by atoms with Gasteiger partial charge in [0.2, 0.25) is 0 Å². The molecule has 0 unspecified atom stereocenters. The number of nitrogens with zero attached hydrogens (tertiary/aromatic N) is 2. The summed E-state index contributed by atoms with van der Waals surface area (Å²) in [5.74, 6) is -2.34. The van der Waals surface area contributed by atoms with Crippen LogP contribution in [0.25, 0.3) is 11.1 Å². The van der Waals surface area contributed by atoms with E-state index in [4.69, 9.17) is 0 Å². The average molecular weight is 665 g/mol. The van der Waals surface area contributed by atoms with Crippen LogP contribution in [0.1, 0.15) is 85.2 Å². The normalized spacial score (nSPS) is 15.2. The Bertz CT molecular complexity index is 2500. The number of amides is 4. The number of aryl methyl sites for hydroxylation is 1. The fourth-order valence-corrected chi connectivity index (χ4v) is 7.97. The smallest absolute Gasteiger partial charge is 0.266 e. The molecular formula is C44H28N2O5. The minimum atomic E-state index is -0.623. The molecule has 244 valence electrons. The Morgan fingerprint density at radius 3 is 1.51 bits per heavy atom. The Morgan fingerprint density at radius 1 is 0.490 bits per heavy atom. The van der Waals surface area contributed by atoms with E-state index in [1.807, 2.05) is 24.3 Å². The lowest BCUT2D eigenvalue weighted by atomic mass is 9.67. The Hall–Kier alpha value is -6.73. The lowest BCUT2D eigenvalue weighted by molar-refractivity contribution is 0.0692. The zero-order valence-electron chi connectivity index (χ0n) is 27.6. The molecule has 0 spiro atoms. The standard InChI is InChI=1S/C44H28N2O5/c1-25-11-15-28(16-12-25)44(37-9-5-3-7-31(37)32-8-4-6-10-38(32)44)29-17-19-30(20-18-29)46-42(50)34-22-14-27(24-36(34)43(46)51)39(47)26-13-21-33-35(23-26)41(49)45(2)40(33)48/h3-24H,1-2H3. The molecule has 0 fully saturated rings. The highest BCUT2D eigenvalue weighted by Gasteiger charge is 2.46. The first kappa shape index (κ1) is 30.3. The predicted octanol–water partition coefficient (Wildman–Crippen LogP) is 7.62. The maximum atomic E-state index is 13.9. The molecule has 2 heterocycles. The fraction of sp³-hybridized carbons (Fsp3) is 0.0682. The predicted molar refractivity (Wildman–Crippen MR) is 192 cm³/mol. The van der Waals surface area contributed by atoms with Crippen molar-refractivity contribution in [3.8, 4) is 11.1 Å². The quantitative estimate of drug-likeness (QED) is 0.140. The Morgan fingerprint density at radius 2 is 0.941 bits per heavy atom. The van der Waals surface area contributed by atoms with E-state index < -0.39 is 34.8 Å². The van der Waals surface area contributed by atoms with Crippen molar-refractivity contribution in [1.29, 1.82) is 0 Å². The van der Waals surface area contributed by atoms with Crippen LogP contribution in [0.5, 0.6) is 0 Å². The molecule has 2 aliphatic heterocycles. The zero-order chi connectivity index (χ0) is 35.2. The van der Waals surface area contributed by atoms with Gasteiger partial charge in [-0.2, -0.15) is 0 Å². The van der Waals surface area contributed by atoms with Gasteiger partial charge in [-0.3, -0.25) is 28.9 Å². The van der Waals surface area contributed by atoms with Crippen LogP contribution in [0.3, 0.4) is 0 Å². The number of carbonyl (C=O) groups excluding carboxylic acids is 5. The van der Waals surface area contributed by atoms with E-state index in [1.54, 1.807) is 0 Å². The van der Waals surface area contributed by atoms with Crippen LogP contribution in [0.15, 0.2) is 133 Å². The van der Waals surface area contributed by atoms with Crippen LogP contribution in [0, 0.1) is 6.92 Å². The highest BCUT2D eigenvalue weighted by atomic mass is 16.2. The number of benzene rings is 6. The number of carbonyl (C=O) groups is 5. The number of ketones is 1. The highest BCUT2D eigenvalue weighted by molar-refractivity contribution is 6.35. The third-order valence-corrected chi connectivity index (χ3v) is 10.5. The van der Waals surface area contributed by atoms with Gasteiger partial charge in [-0.1, -0.05) is 103 Å². The Labute approximate surface area is 293 Å². The maximum Gasteiger partial charge on any atom is 0.266 e. The molecule has 0 saturated heterocycles. The van der Waals surface area contributed by atoms with Crippen molar-refractivity contribution < 1.29 is 24.0 Å². The second-order valence-corrected chi connectivity index (χ2v) is 13.2. The Balaban J connectivity index is 1.08. The number of imide groups is 2. The molecule has 1 aliphatic carbocycles. The minimum absolute atomic E-state index is 0.122. The first-order valence-corrected chi connectivity index (χ1v) is 16.6. The molecule has 0 saturated carbocycles. The summed E-state index contributed by atoms with van der Waals surface area (Å²) in [6.07, 6.45) is 0. The number of fused-ring (bicyclic) bond motifs is 5. The van der Waals surface area contributed by atoms with Crippen molar-refractivity contribution in [2.24, 2.45) is 0 Å². The molecule has 9 rings (SSSR count). The van der Waals surface area contributed by atoms with Crippen molar-refractivity contribution in [1.82, 2.24) is 4.90 Å². The summed E-state index contributed by atoms with van der Waals surface area (Å²) in [6, 6.07) is 41.8. The molecule has 7 heteroatoms.